The summed E-state index contributed by atoms with van der Waals surface area (Å²) in [6.07, 6.45) is 3.31. The van der Waals surface area contributed by atoms with Gasteiger partial charge < -0.3 is 19.7 Å². The van der Waals surface area contributed by atoms with Crippen molar-refractivity contribution in [3.8, 4) is 17.0 Å². The lowest BCUT2D eigenvalue weighted by atomic mass is 9.77. The SMILES string of the molecule is CCOC(=O)N1CC[C@]2(C[C@@H]1C)Oc1ccccc1-c1nn(C3CCNC(C)(C)C3)c(C)c12. The molecule has 3 aliphatic heterocycles. The number of rotatable bonds is 2. The van der Waals surface area contributed by atoms with Crippen LogP contribution < -0.4 is 10.1 Å². The summed E-state index contributed by atoms with van der Waals surface area (Å²) in [5, 5.41) is 8.87. The molecule has 2 fully saturated rings. The first-order valence-electron chi connectivity index (χ1n) is 12.3. The molecule has 0 radical (unpaired) electrons. The van der Waals surface area contributed by atoms with E-state index in [1.54, 1.807) is 0 Å². The molecule has 3 atom stereocenters. The molecule has 1 unspecified atom stereocenters. The van der Waals surface area contributed by atoms with Gasteiger partial charge in [0.2, 0.25) is 0 Å². The van der Waals surface area contributed by atoms with Gasteiger partial charge in [0.05, 0.1) is 12.6 Å². The number of fused-ring (bicyclic) bond motifs is 4. The summed E-state index contributed by atoms with van der Waals surface area (Å²) in [5.74, 6) is 0.886. The highest BCUT2D eigenvalue weighted by Crippen LogP contribution is 2.52. The summed E-state index contributed by atoms with van der Waals surface area (Å²) < 4.78 is 14.4. The van der Waals surface area contributed by atoms with Crippen LogP contribution in [0.2, 0.25) is 0 Å². The Morgan fingerprint density at radius 1 is 1.30 bits per heavy atom. The van der Waals surface area contributed by atoms with Crippen LogP contribution in [0.4, 0.5) is 4.79 Å². The van der Waals surface area contributed by atoms with Crippen LogP contribution in [0.15, 0.2) is 24.3 Å². The number of para-hydroxylation sites is 1. The van der Waals surface area contributed by atoms with E-state index in [0.29, 0.717) is 19.2 Å². The minimum Gasteiger partial charge on any atom is -0.482 e. The number of hydrogen-bond donors (Lipinski definition) is 1. The summed E-state index contributed by atoms with van der Waals surface area (Å²) in [7, 11) is 0. The van der Waals surface area contributed by atoms with Crippen molar-refractivity contribution in [2.45, 2.75) is 83.5 Å². The number of aromatic nitrogens is 2. The molecule has 2 saturated heterocycles. The minimum absolute atomic E-state index is 0.0106. The van der Waals surface area contributed by atoms with Crippen molar-refractivity contribution in [3.63, 3.8) is 0 Å². The Hall–Kier alpha value is -2.54. The van der Waals surface area contributed by atoms with E-state index in [0.717, 1.165) is 49.2 Å². The number of piperidine rings is 2. The van der Waals surface area contributed by atoms with E-state index in [-0.39, 0.29) is 17.7 Å². The molecule has 1 aromatic carbocycles. The largest absolute Gasteiger partial charge is 0.482 e. The van der Waals surface area contributed by atoms with Crippen molar-refractivity contribution in [1.82, 2.24) is 20.0 Å². The maximum absolute atomic E-state index is 12.5. The smallest absolute Gasteiger partial charge is 0.409 e. The molecule has 7 nitrogen and oxygen atoms in total. The van der Waals surface area contributed by atoms with E-state index in [4.69, 9.17) is 14.6 Å². The Morgan fingerprint density at radius 3 is 2.82 bits per heavy atom. The molecule has 178 valence electrons. The summed E-state index contributed by atoms with van der Waals surface area (Å²) in [4.78, 5) is 14.3. The number of benzene rings is 1. The van der Waals surface area contributed by atoms with Gasteiger partial charge in [-0.05, 0) is 66.1 Å². The second-order valence-electron chi connectivity index (χ2n) is 10.5. The second kappa shape index (κ2) is 8.05. The number of nitrogens with one attached hydrogen (secondary N) is 1. The van der Waals surface area contributed by atoms with Crippen molar-refractivity contribution in [3.05, 3.63) is 35.5 Å². The van der Waals surface area contributed by atoms with Crippen molar-refractivity contribution in [2.24, 2.45) is 0 Å². The van der Waals surface area contributed by atoms with E-state index in [2.05, 4.69) is 49.8 Å². The lowest BCUT2D eigenvalue weighted by molar-refractivity contribution is -0.0271. The predicted molar refractivity (Wildman–Crippen MR) is 127 cm³/mol. The van der Waals surface area contributed by atoms with Crippen molar-refractivity contribution in [2.75, 3.05) is 19.7 Å². The fourth-order valence-corrected chi connectivity index (χ4v) is 6.18. The second-order valence-corrected chi connectivity index (χ2v) is 10.5. The number of hydrogen-bond acceptors (Lipinski definition) is 5. The Kier molecular flexibility index (Phi) is 5.43. The molecule has 4 heterocycles. The summed E-state index contributed by atoms with van der Waals surface area (Å²) in [5.41, 5.74) is 4.10. The van der Waals surface area contributed by atoms with Crippen molar-refractivity contribution >= 4 is 6.09 Å². The quantitative estimate of drug-likeness (QED) is 0.710. The average molecular weight is 453 g/mol. The fraction of sp³-hybridized carbons (Fsp3) is 0.615. The zero-order valence-electron chi connectivity index (χ0n) is 20.5. The third-order valence-corrected chi connectivity index (χ3v) is 7.64. The number of ether oxygens (including phenoxy) is 2. The van der Waals surface area contributed by atoms with Gasteiger partial charge >= 0.3 is 6.09 Å². The van der Waals surface area contributed by atoms with Gasteiger partial charge in [0, 0.05) is 47.8 Å². The van der Waals surface area contributed by atoms with Gasteiger partial charge in [-0.3, -0.25) is 4.68 Å². The van der Waals surface area contributed by atoms with Gasteiger partial charge in [-0.2, -0.15) is 5.10 Å². The molecule has 0 saturated carbocycles. The highest BCUT2D eigenvalue weighted by atomic mass is 16.6. The first-order valence-corrected chi connectivity index (χ1v) is 12.3. The molecule has 3 aliphatic rings. The maximum Gasteiger partial charge on any atom is 0.409 e. The molecular weight excluding hydrogens is 416 g/mol. The molecule has 33 heavy (non-hydrogen) atoms. The van der Waals surface area contributed by atoms with Crippen LogP contribution in [0.25, 0.3) is 11.3 Å². The summed E-state index contributed by atoms with van der Waals surface area (Å²) in [6, 6.07) is 8.60. The van der Waals surface area contributed by atoms with E-state index in [1.165, 1.54) is 11.3 Å². The van der Waals surface area contributed by atoms with Crippen LogP contribution in [0.1, 0.15) is 70.7 Å². The summed E-state index contributed by atoms with van der Waals surface area (Å²) >= 11 is 0. The van der Waals surface area contributed by atoms with E-state index in [1.807, 2.05) is 24.0 Å². The molecule has 0 aliphatic carbocycles. The Morgan fingerprint density at radius 2 is 2.09 bits per heavy atom. The fourth-order valence-electron chi connectivity index (χ4n) is 6.18. The molecule has 1 N–H and O–H groups in total. The summed E-state index contributed by atoms with van der Waals surface area (Å²) in [6.45, 7) is 12.7. The highest BCUT2D eigenvalue weighted by molar-refractivity contribution is 5.75. The molecule has 2 aromatic rings. The van der Waals surface area contributed by atoms with Gasteiger partial charge in [0.25, 0.3) is 0 Å². The lowest BCUT2D eigenvalue weighted by Gasteiger charge is -2.47. The Balaban J connectivity index is 1.57. The maximum atomic E-state index is 12.5. The van der Waals surface area contributed by atoms with Gasteiger partial charge in [-0.25, -0.2) is 4.79 Å². The monoisotopic (exact) mass is 452 g/mol. The third-order valence-electron chi connectivity index (χ3n) is 7.64. The van der Waals surface area contributed by atoms with Crippen LogP contribution in [0.3, 0.4) is 0 Å². The van der Waals surface area contributed by atoms with Gasteiger partial charge in [0.15, 0.2) is 0 Å². The van der Waals surface area contributed by atoms with Crippen LogP contribution >= 0.6 is 0 Å². The molecule has 5 rings (SSSR count). The van der Waals surface area contributed by atoms with Crippen LogP contribution in [0, 0.1) is 6.92 Å². The molecule has 1 spiro atoms. The topological polar surface area (TPSA) is 68.6 Å². The van der Waals surface area contributed by atoms with E-state index < -0.39 is 5.60 Å². The van der Waals surface area contributed by atoms with Crippen LogP contribution in [-0.4, -0.2) is 52.1 Å². The number of amides is 1. The first-order chi connectivity index (χ1) is 15.7. The standard InChI is InChI=1S/C26H36N4O3/c1-6-32-24(31)29-14-12-26(15-17(29)2)22-18(3)30(19-11-13-27-25(4,5)16-19)28-23(22)20-9-7-8-10-21(20)33-26/h7-10,17,19,27H,6,11-16H2,1-5H3/t17-,19?,26+/m0/s1. The van der Waals surface area contributed by atoms with Crippen LogP contribution in [0.5, 0.6) is 5.75 Å². The number of likely N-dealkylation sites (tertiary alicyclic amines) is 1. The lowest BCUT2D eigenvalue weighted by Crippen LogP contribution is -2.53. The predicted octanol–water partition coefficient (Wildman–Crippen LogP) is 4.79. The normalized spacial score (nSPS) is 28.1. The molecule has 0 bridgehead atoms. The van der Waals surface area contributed by atoms with Gasteiger partial charge in [-0.15, -0.1) is 0 Å². The molecule has 7 heteroatoms. The number of carbonyl (C=O) groups excluding carboxylic acids is 1. The first kappa shape index (κ1) is 22.3. The minimum atomic E-state index is -0.489. The van der Waals surface area contributed by atoms with E-state index in [9.17, 15) is 4.79 Å². The molecule has 1 aromatic heterocycles. The van der Waals surface area contributed by atoms with Gasteiger partial charge in [-0.1, -0.05) is 12.1 Å². The third kappa shape index (κ3) is 3.70. The van der Waals surface area contributed by atoms with Crippen molar-refractivity contribution in [1.29, 1.82) is 0 Å². The van der Waals surface area contributed by atoms with Crippen molar-refractivity contribution < 1.29 is 14.3 Å². The van der Waals surface area contributed by atoms with Crippen LogP contribution in [-0.2, 0) is 10.3 Å². The van der Waals surface area contributed by atoms with E-state index >= 15 is 0 Å². The molecular formula is C26H36N4O3. The van der Waals surface area contributed by atoms with Gasteiger partial charge in [0.1, 0.15) is 17.0 Å². The molecule has 1 amide bonds. The zero-order chi connectivity index (χ0) is 23.4. The zero-order valence-corrected chi connectivity index (χ0v) is 20.5. The Bertz CT molecular complexity index is 1060. The highest BCUT2D eigenvalue weighted by Gasteiger charge is 2.50. The number of carbonyl (C=O) groups is 1. The number of nitrogens with zero attached hydrogens (tertiary/aromatic N) is 3. The average Bonchev–Trinajstić information content (AvgIpc) is 3.12. The Labute approximate surface area is 196 Å².